The summed E-state index contributed by atoms with van der Waals surface area (Å²) in [6.07, 6.45) is 1.91. The van der Waals surface area contributed by atoms with Gasteiger partial charge in [0.15, 0.2) is 0 Å². The number of nitrogens with zero attached hydrogens (tertiary/aromatic N) is 1. The molecule has 6 heteroatoms. The van der Waals surface area contributed by atoms with Crippen LogP contribution >= 0.6 is 22.9 Å². The number of allylic oxidation sites excluding steroid dienone is 1. The van der Waals surface area contributed by atoms with E-state index in [9.17, 15) is 0 Å². The van der Waals surface area contributed by atoms with E-state index in [4.69, 9.17) is 11.6 Å². The van der Waals surface area contributed by atoms with Gasteiger partial charge in [-0.05, 0) is 50.1 Å². The fourth-order valence-electron chi connectivity index (χ4n) is 2.59. The molecule has 1 aromatic rings. The molecule has 0 heterocycles. The molecule has 0 radical (unpaired) electrons. The third-order valence-corrected chi connectivity index (χ3v) is 4.24. The molecule has 0 saturated heterocycles. The molecule has 0 aliphatic heterocycles. The van der Waals surface area contributed by atoms with Crippen LogP contribution in [0.25, 0.3) is 5.70 Å². The molecule has 0 amide bonds. The van der Waals surface area contributed by atoms with Crippen LogP contribution in [0.2, 0.25) is 0 Å². The summed E-state index contributed by atoms with van der Waals surface area (Å²) in [6, 6.07) is 0. The number of halogens is 1. The normalized spacial score (nSPS) is 14.1. The van der Waals surface area contributed by atoms with Crippen molar-refractivity contribution in [1.82, 2.24) is 0 Å². The first-order valence-corrected chi connectivity index (χ1v) is 7.09. The van der Waals surface area contributed by atoms with Gasteiger partial charge >= 0.3 is 0 Å². The minimum absolute atomic E-state index is 0.738. The van der Waals surface area contributed by atoms with Crippen LogP contribution in [0.1, 0.15) is 30.0 Å². The number of hydrogen-bond acceptors (Lipinski definition) is 5. The number of rotatable bonds is 3. The Labute approximate surface area is 127 Å². The zero-order valence-electron chi connectivity index (χ0n) is 11.1. The van der Waals surface area contributed by atoms with E-state index in [-0.39, 0.29) is 0 Å². The molecule has 102 valence electrons. The van der Waals surface area contributed by atoms with E-state index in [0.717, 1.165) is 46.7 Å². The van der Waals surface area contributed by atoms with Crippen LogP contribution in [-0.4, -0.2) is 6.72 Å². The number of hydrazine groups is 1. The summed E-state index contributed by atoms with van der Waals surface area (Å²) in [7, 11) is 0. The van der Waals surface area contributed by atoms with Gasteiger partial charge in [-0.1, -0.05) is 0 Å². The summed E-state index contributed by atoms with van der Waals surface area (Å²) in [6.45, 7) is 7.72. The second kappa shape index (κ2) is 5.38. The SMILES string of the molecule is C=Nc1c(NN)c(C)c(NI)c2c1C(N)=C(C)CC2. The minimum Gasteiger partial charge on any atom is -0.398 e. The maximum Gasteiger partial charge on any atom is 0.0966 e. The lowest BCUT2D eigenvalue weighted by atomic mass is 9.85. The van der Waals surface area contributed by atoms with Crippen molar-refractivity contribution in [3.05, 3.63) is 22.3 Å². The van der Waals surface area contributed by atoms with Gasteiger partial charge < -0.3 is 14.7 Å². The molecule has 1 aliphatic rings. The van der Waals surface area contributed by atoms with Crippen molar-refractivity contribution in [2.24, 2.45) is 16.6 Å². The molecule has 1 aliphatic carbocycles. The van der Waals surface area contributed by atoms with E-state index in [1.165, 1.54) is 11.1 Å². The minimum atomic E-state index is 0.738. The Balaban J connectivity index is 2.91. The molecule has 1 aromatic carbocycles. The van der Waals surface area contributed by atoms with Gasteiger partial charge in [-0.25, -0.2) is 0 Å². The molecule has 0 bridgehead atoms. The zero-order valence-corrected chi connectivity index (χ0v) is 13.3. The molecule has 0 aromatic heterocycles. The average molecular weight is 371 g/mol. The van der Waals surface area contributed by atoms with Crippen LogP contribution in [0.15, 0.2) is 10.6 Å². The molecule has 0 unspecified atom stereocenters. The third kappa shape index (κ3) is 2.08. The van der Waals surface area contributed by atoms with Crippen LogP contribution in [0.3, 0.4) is 0 Å². The topological polar surface area (TPSA) is 88.5 Å². The second-order valence-corrected chi connectivity index (χ2v) is 5.21. The van der Waals surface area contributed by atoms with Gasteiger partial charge in [0.2, 0.25) is 0 Å². The molecule has 0 spiro atoms. The Bertz CT molecular complexity index is 577. The van der Waals surface area contributed by atoms with E-state index in [1.54, 1.807) is 0 Å². The fourth-order valence-corrected chi connectivity index (χ4v) is 3.32. The Hall–Kier alpha value is -1.28. The Morgan fingerprint density at radius 3 is 2.47 bits per heavy atom. The van der Waals surface area contributed by atoms with Gasteiger partial charge in [0.1, 0.15) is 0 Å². The van der Waals surface area contributed by atoms with Crippen LogP contribution in [-0.2, 0) is 6.42 Å². The number of benzene rings is 1. The van der Waals surface area contributed by atoms with E-state index >= 15 is 0 Å². The van der Waals surface area contributed by atoms with Gasteiger partial charge in [0, 0.05) is 11.3 Å². The highest BCUT2D eigenvalue weighted by Crippen LogP contribution is 2.46. The molecule has 0 fully saturated rings. The summed E-state index contributed by atoms with van der Waals surface area (Å²) in [5.41, 5.74) is 16.7. The first kappa shape index (κ1) is 14.1. The largest absolute Gasteiger partial charge is 0.398 e. The van der Waals surface area contributed by atoms with Gasteiger partial charge in [0.25, 0.3) is 0 Å². The number of nitrogens with one attached hydrogen (secondary N) is 2. The molecular weight excluding hydrogens is 353 g/mol. The molecule has 19 heavy (non-hydrogen) atoms. The lowest BCUT2D eigenvalue weighted by Crippen LogP contribution is -2.16. The first-order valence-electron chi connectivity index (χ1n) is 6.01. The summed E-state index contributed by atoms with van der Waals surface area (Å²) >= 11 is 2.13. The average Bonchev–Trinajstić information content (AvgIpc) is 2.41. The number of nitrogens with two attached hydrogens (primary N) is 2. The third-order valence-electron chi connectivity index (χ3n) is 3.70. The van der Waals surface area contributed by atoms with Crippen molar-refractivity contribution in [2.45, 2.75) is 26.7 Å². The van der Waals surface area contributed by atoms with Crippen molar-refractivity contribution in [3.8, 4) is 0 Å². The first-order chi connectivity index (χ1) is 9.06. The van der Waals surface area contributed by atoms with Crippen molar-refractivity contribution in [2.75, 3.05) is 8.96 Å². The monoisotopic (exact) mass is 371 g/mol. The standard InChI is InChI=1S/C13H18IN5/c1-6-4-5-8-9(10(6)15)13(17-3)12(19-16)7(2)11(8)18-14/h18-19H,3-5,15-16H2,1-2H3. The molecule has 6 N–H and O–H groups in total. The van der Waals surface area contributed by atoms with E-state index < -0.39 is 0 Å². The number of fused-ring (bicyclic) bond motifs is 1. The quantitative estimate of drug-likeness (QED) is 0.216. The van der Waals surface area contributed by atoms with Crippen molar-refractivity contribution >= 4 is 52.3 Å². The van der Waals surface area contributed by atoms with Gasteiger partial charge in [0.05, 0.1) is 39.9 Å². The van der Waals surface area contributed by atoms with Gasteiger partial charge in [-0.15, -0.1) is 0 Å². The molecule has 0 atom stereocenters. The van der Waals surface area contributed by atoms with E-state index in [2.05, 4.69) is 50.5 Å². The number of nitrogen functional groups attached to an aromatic ring is 1. The predicted molar refractivity (Wildman–Crippen MR) is 90.9 cm³/mol. The van der Waals surface area contributed by atoms with Crippen LogP contribution in [0.5, 0.6) is 0 Å². The zero-order chi connectivity index (χ0) is 14.2. The highest BCUT2D eigenvalue weighted by atomic mass is 127. The highest BCUT2D eigenvalue weighted by Gasteiger charge is 2.25. The second-order valence-electron chi connectivity index (χ2n) is 4.67. The summed E-state index contributed by atoms with van der Waals surface area (Å²) < 4.78 is 3.22. The summed E-state index contributed by atoms with van der Waals surface area (Å²) in [5, 5.41) is 0. The maximum absolute atomic E-state index is 6.26. The lowest BCUT2D eigenvalue weighted by molar-refractivity contribution is 0.914. The molecule has 0 saturated carbocycles. The molecule has 5 nitrogen and oxygen atoms in total. The molecule has 2 rings (SSSR count). The Morgan fingerprint density at radius 1 is 1.26 bits per heavy atom. The summed E-state index contributed by atoms with van der Waals surface area (Å²) in [4.78, 5) is 4.14. The number of hydrogen-bond donors (Lipinski definition) is 4. The van der Waals surface area contributed by atoms with Crippen LogP contribution in [0.4, 0.5) is 17.1 Å². The van der Waals surface area contributed by atoms with Gasteiger partial charge in [-0.2, -0.15) is 0 Å². The predicted octanol–water partition coefficient (Wildman–Crippen LogP) is 3.01. The van der Waals surface area contributed by atoms with Gasteiger partial charge in [-0.3, -0.25) is 10.8 Å². The smallest absolute Gasteiger partial charge is 0.0966 e. The van der Waals surface area contributed by atoms with E-state index in [0.29, 0.717) is 0 Å². The van der Waals surface area contributed by atoms with Crippen molar-refractivity contribution in [3.63, 3.8) is 0 Å². The maximum atomic E-state index is 6.26. The van der Waals surface area contributed by atoms with E-state index in [1.807, 2.05) is 6.92 Å². The lowest BCUT2D eigenvalue weighted by Gasteiger charge is -2.26. The molecular formula is C13H18IN5. The van der Waals surface area contributed by atoms with Crippen LogP contribution in [0, 0.1) is 6.92 Å². The number of aliphatic imine (C=N–C) groups is 1. The van der Waals surface area contributed by atoms with Crippen molar-refractivity contribution in [1.29, 1.82) is 0 Å². The van der Waals surface area contributed by atoms with Crippen LogP contribution < -0.4 is 20.5 Å². The Kier molecular flexibility index (Phi) is 4.00. The Morgan fingerprint density at radius 2 is 1.95 bits per heavy atom. The van der Waals surface area contributed by atoms with Crippen molar-refractivity contribution < 1.29 is 0 Å². The summed E-state index contributed by atoms with van der Waals surface area (Å²) in [5.74, 6) is 5.64. The highest BCUT2D eigenvalue weighted by molar-refractivity contribution is 14.1. The number of anilines is 2. The fraction of sp³-hybridized carbons (Fsp3) is 0.308.